The molecule has 0 N–H and O–H groups in total. The van der Waals surface area contributed by atoms with Crippen LogP contribution in [0.25, 0.3) is 0 Å². The van der Waals surface area contributed by atoms with Crippen LogP contribution in [0.4, 0.5) is 0 Å². The van der Waals surface area contributed by atoms with E-state index in [9.17, 15) is 4.79 Å². The minimum Gasteiger partial charge on any atom is -0.373 e. The minimum absolute atomic E-state index is 0.0662. The van der Waals surface area contributed by atoms with Gasteiger partial charge in [0.1, 0.15) is 5.69 Å². The molecule has 1 amide bonds. The second kappa shape index (κ2) is 6.79. The highest BCUT2D eigenvalue weighted by Gasteiger charge is 2.24. The summed E-state index contributed by atoms with van der Waals surface area (Å²) in [5, 5.41) is 0. The number of fused-ring (bicyclic) bond motifs is 1. The van der Waals surface area contributed by atoms with E-state index in [1.54, 1.807) is 6.08 Å². The average molecular weight is 311 g/mol. The van der Waals surface area contributed by atoms with Gasteiger partial charge in [-0.3, -0.25) is 9.78 Å². The summed E-state index contributed by atoms with van der Waals surface area (Å²) < 4.78 is 7.40. The Hall–Kier alpha value is -2.40. The van der Waals surface area contributed by atoms with Gasteiger partial charge in [0.05, 0.1) is 13.2 Å². The lowest BCUT2D eigenvalue weighted by molar-refractivity contribution is 0.0723. The van der Waals surface area contributed by atoms with E-state index in [1.807, 2.05) is 47.2 Å². The van der Waals surface area contributed by atoms with Gasteiger partial charge in [-0.1, -0.05) is 6.08 Å². The van der Waals surface area contributed by atoms with Crippen molar-refractivity contribution >= 4 is 5.91 Å². The number of hydrogen-bond acceptors (Lipinski definition) is 3. The highest BCUT2D eigenvalue weighted by atomic mass is 16.5. The Morgan fingerprint density at radius 3 is 3.09 bits per heavy atom. The lowest BCUT2D eigenvalue weighted by atomic mass is 9.97. The van der Waals surface area contributed by atoms with Crippen LogP contribution >= 0.6 is 0 Å². The topological polar surface area (TPSA) is 47.4 Å². The molecule has 1 aliphatic rings. The third kappa shape index (κ3) is 3.19. The Labute approximate surface area is 136 Å². The Kier molecular flexibility index (Phi) is 4.57. The van der Waals surface area contributed by atoms with Crippen LogP contribution in [0.15, 0.2) is 43.4 Å². The molecule has 0 saturated heterocycles. The first-order chi connectivity index (χ1) is 11.2. The summed E-state index contributed by atoms with van der Waals surface area (Å²) in [4.78, 5) is 18.8. The van der Waals surface area contributed by atoms with Crippen LogP contribution in [0.3, 0.4) is 0 Å². The maximum absolute atomic E-state index is 12.6. The molecular weight excluding hydrogens is 290 g/mol. The van der Waals surface area contributed by atoms with Crippen molar-refractivity contribution < 1.29 is 9.53 Å². The molecule has 0 spiro atoms. The van der Waals surface area contributed by atoms with Crippen LogP contribution in [0.5, 0.6) is 0 Å². The van der Waals surface area contributed by atoms with E-state index in [0.717, 1.165) is 24.1 Å². The summed E-state index contributed by atoms with van der Waals surface area (Å²) in [6.45, 7) is 6.04. The van der Waals surface area contributed by atoms with Crippen LogP contribution in [-0.4, -0.2) is 33.5 Å². The number of amides is 1. The van der Waals surface area contributed by atoms with Gasteiger partial charge in [-0.05, 0) is 35.2 Å². The van der Waals surface area contributed by atoms with Crippen molar-refractivity contribution in [1.29, 1.82) is 0 Å². The fourth-order valence-corrected chi connectivity index (χ4v) is 2.96. The number of hydrogen-bond donors (Lipinski definition) is 0. The van der Waals surface area contributed by atoms with Gasteiger partial charge < -0.3 is 14.2 Å². The summed E-state index contributed by atoms with van der Waals surface area (Å²) in [5.41, 5.74) is 4.20. The lowest BCUT2D eigenvalue weighted by Gasteiger charge is -2.30. The fourth-order valence-electron chi connectivity index (χ4n) is 2.96. The van der Waals surface area contributed by atoms with Crippen molar-refractivity contribution in [1.82, 2.24) is 14.5 Å². The maximum Gasteiger partial charge on any atom is 0.270 e. The molecule has 0 unspecified atom stereocenters. The Bertz CT molecular complexity index is 721. The van der Waals surface area contributed by atoms with Gasteiger partial charge in [-0.15, -0.1) is 6.58 Å². The highest BCUT2D eigenvalue weighted by molar-refractivity contribution is 5.92. The zero-order chi connectivity index (χ0) is 16.2. The van der Waals surface area contributed by atoms with E-state index in [4.69, 9.17) is 4.74 Å². The van der Waals surface area contributed by atoms with Gasteiger partial charge in [0.25, 0.3) is 5.91 Å². The van der Waals surface area contributed by atoms with Gasteiger partial charge >= 0.3 is 0 Å². The molecule has 0 bridgehead atoms. The SMILES string of the molecule is C=CCOCc1cncc2c1CCN(C(=O)c1cccn1C)C2. The third-order valence-corrected chi connectivity index (χ3v) is 4.17. The third-order valence-electron chi connectivity index (χ3n) is 4.17. The summed E-state index contributed by atoms with van der Waals surface area (Å²) in [6, 6.07) is 3.75. The smallest absolute Gasteiger partial charge is 0.270 e. The van der Waals surface area contributed by atoms with Crippen LogP contribution in [0.2, 0.25) is 0 Å². The van der Waals surface area contributed by atoms with Crippen LogP contribution in [0.1, 0.15) is 27.2 Å². The molecule has 0 atom stereocenters. The maximum atomic E-state index is 12.6. The number of aryl methyl sites for hydroxylation is 1. The zero-order valence-electron chi connectivity index (χ0n) is 13.4. The second-order valence-electron chi connectivity index (χ2n) is 5.72. The van der Waals surface area contributed by atoms with Crippen LogP contribution in [-0.2, 0) is 31.4 Å². The van der Waals surface area contributed by atoms with Crippen molar-refractivity contribution in [3.05, 3.63) is 65.8 Å². The molecule has 0 radical (unpaired) electrons. The molecule has 2 aromatic rings. The molecule has 1 aliphatic heterocycles. The summed E-state index contributed by atoms with van der Waals surface area (Å²) in [6.07, 6.45) is 8.18. The number of carbonyl (C=O) groups is 1. The zero-order valence-corrected chi connectivity index (χ0v) is 13.4. The van der Waals surface area contributed by atoms with Crippen molar-refractivity contribution in [2.75, 3.05) is 13.2 Å². The number of ether oxygens (including phenoxy) is 1. The molecule has 5 heteroatoms. The molecule has 120 valence electrons. The van der Waals surface area contributed by atoms with E-state index in [1.165, 1.54) is 5.56 Å². The van der Waals surface area contributed by atoms with E-state index < -0.39 is 0 Å². The highest BCUT2D eigenvalue weighted by Crippen LogP contribution is 2.23. The first-order valence-electron chi connectivity index (χ1n) is 7.74. The lowest BCUT2D eigenvalue weighted by Crippen LogP contribution is -2.37. The summed E-state index contributed by atoms with van der Waals surface area (Å²) in [5.74, 6) is 0.0662. The molecular formula is C18H21N3O2. The Morgan fingerprint density at radius 1 is 1.48 bits per heavy atom. The minimum atomic E-state index is 0.0662. The molecule has 3 rings (SSSR count). The van der Waals surface area contributed by atoms with E-state index in [-0.39, 0.29) is 5.91 Å². The molecule has 0 aromatic carbocycles. The van der Waals surface area contributed by atoms with Crippen LogP contribution in [0, 0.1) is 0 Å². The first-order valence-corrected chi connectivity index (χ1v) is 7.74. The number of carbonyl (C=O) groups excluding carboxylic acids is 1. The van der Waals surface area contributed by atoms with Crippen molar-refractivity contribution in [2.45, 2.75) is 19.6 Å². The van der Waals surface area contributed by atoms with E-state index in [0.29, 0.717) is 25.5 Å². The predicted molar refractivity (Wildman–Crippen MR) is 87.9 cm³/mol. The number of aromatic nitrogens is 2. The molecule has 3 heterocycles. The number of rotatable bonds is 5. The largest absolute Gasteiger partial charge is 0.373 e. The Balaban J connectivity index is 1.76. The fraction of sp³-hybridized carbons (Fsp3) is 0.333. The molecule has 0 saturated carbocycles. The quantitative estimate of drug-likeness (QED) is 0.629. The standard InChI is InChI=1S/C18H21N3O2/c1-3-9-23-13-15-11-19-10-14-12-21(8-6-16(14)15)18(22)17-5-4-7-20(17)2/h3-5,7,10-11H,1,6,8-9,12-13H2,2H3. The Morgan fingerprint density at radius 2 is 2.35 bits per heavy atom. The van der Waals surface area contributed by atoms with Gasteiger partial charge in [0.2, 0.25) is 0 Å². The van der Waals surface area contributed by atoms with Crippen molar-refractivity contribution in [3.8, 4) is 0 Å². The van der Waals surface area contributed by atoms with Gasteiger partial charge in [-0.2, -0.15) is 0 Å². The van der Waals surface area contributed by atoms with Gasteiger partial charge in [-0.25, -0.2) is 0 Å². The van der Waals surface area contributed by atoms with Crippen molar-refractivity contribution in [2.24, 2.45) is 7.05 Å². The van der Waals surface area contributed by atoms with E-state index in [2.05, 4.69) is 11.6 Å². The number of nitrogens with zero attached hydrogens (tertiary/aromatic N) is 3. The van der Waals surface area contributed by atoms with Crippen LogP contribution < -0.4 is 0 Å². The normalized spacial score (nSPS) is 13.7. The molecule has 23 heavy (non-hydrogen) atoms. The van der Waals surface area contributed by atoms with Gasteiger partial charge in [0, 0.05) is 38.7 Å². The predicted octanol–water partition coefficient (Wildman–Crippen LogP) is 2.32. The van der Waals surface area contributed by atoms with E-state index >= 15 is 0 Å². The summed E-state index contributed by atoms with van der Waals surface area (Å²) >= 11 is 0. The monoisotopic (exact) mass is 311 g/mol. The molecule has 2 aromatic heterocycles. The summed E-state index contributed by atoms with van der Waals surface area (Å²) in [7, 11) is 1.89. The van der Waals surface area contributed by atoms with Gasteiger partial charge in [0.15, 0.2) is 0 Å². The molecule has 5 nitrogen and oxygen atoms in total. The van der Waals surface area contributed by atoms with Crippen molar-refractivity contribution in [3.63, 3.8) is 0 Å². The average Bonchev–Trinajstić information content (AvgIpc) is 3.00. The first kappa shape index (κ1) is 15.5. The second-order valence-corrected chi connectivity index (χ2v) is 5.72. The molecule has 0 fully saturated rings. The molecule has 0 aliphatic carbocycles. The number of pyridine rings is 1.